The number of carbonyl (C=O) groups is 2. The molecule has 0 aromatic carbocycles. The van der Waals surface area contributed by atoms with Crippen molar-refractivity contribution >= 4 is 11.8 Å². The van der Waals surface area contributed by atoms with Crippen LogP contribution in [0.1, 0.15) is 26.2 Å². The molecule has 20 heteroatoms. The fourth-order valence-corrected chi connectivity index (χ4v) is 5.22. The first-order valence-corrected chi connectivity index (χ1v) is 15.4. The molecule has 0 spiro atoms. The van der Waals surface area contributed by atoms with Gasteiger partial charge in [0.05, 0.1) is 26.4 Å². The lowest BCUT2D eigenvalue weighted by Gasteiger charge is -2.46. The minimum atomic E-state index is -1.89. The number of hydrogen-bond acceptors (Lipinski definition) is 18. The van der Waals surface area contributed by atoms with Crippen LogP contribution in [0.4, 0.5) is 0 Å². The van der Waals surface area contributed by atoms with E-state index in [1.807, 2.05) is 0 Å². The lowest BCUT2D eigenvalue weighted by Crippen LogP contribution is -2.65. The van der Waals surface area contributed by atoms with E-state index in [1.165, 1.54) is 0 Å². The normalized spacial score (nSPS) is 41.0. The zero-order valence-electron chi connectivity index (χ0n) is 25.8. The van der Waals surface area contributed by atoms with Gasteiger partial charge in [-0.25, -0.2) is 0 Å². The van der Waals surface area contributed by atoms with Crippen molar-refractivity contribution in [2.75, 3.05) is 39.5 Å². The summed E-state index contributed by atoms with van der Waals surface area (Å²) in [6.07, 6.45) is -24.4. The number of amides is 2. The molecule has 274 valence electrons. The predicted octanol–water partition coefficient (Wildman–Crippen LogP) is -7.13. The monoisotopic (exact) mass is 688 g/mol. The Kier molecular flexibility index (Phi) is 16.0. The van der Waals surface area contributed by atoms with Crippen molar-refractivity contribution in [3.05, 3.63) is 0 Å². The average Bonchev–Trinajstić information content (AvgIpc) is 3.05. The number of ether oxygens (including phenoxy) is 6. The van der Waals surface area contributed by atoms with Gasteiger partial charge < -0.3 is 90.1 Å². The molecule has 0 bridgehead atoms. The van der Waals surface area contributed by atoms with E-state index in [-0.39, 0.29) is 37.8 Å². The van der Waals surface area contributed by atoms with Gasteiger partial charge in [0.2, 0.25) is 11.8 Å². The Morgan fingerprint density at radius 1 is 0.617 bits per heavy atom. The molecule has 0 saturated carbocycles. The van der Waals surface area contributed by atoms with E-state index in [9.17, 15) is 60.7 Å². The maximum Gasteiger partial charge on any atom is 0.220 e. The molecule has 3 rings (SSSR count). The van der Waals surface area contributed by atoms with Crippen LogP contribution in [0, 0.1) is 0 Å². The molecule has 2 amide bonds. The third kappa shape index (κ3) is 10.4. The smallest absolute Gasteiger partial charge is 0.220 e. The van der Waals surface area contributed by atoms with E-state index < -0.39 is 112 Å². The number of aliphatic hydroxyl groups is 10. The molecule has 12 N–H and O–H groups in total. The van der Waals surface area contributed by atoms with Crippen molar-refractivity contribution in [1.82, 2.24) is 10.6 Å². The van der Waals surface area contributed by atoms with Gasteiger partial charge >= 0.3 is 0 Å². The highest BCUT2D eigenvalue weighted by Gasteiger charge is 2.52. The first-order chi connectivity index (χ1) is 22.3. The van der Waals surface area contributed by atoms with Crippen LogP contribution in [0.25, 0.3) is 0 Å². The highest BCUT2D eigenvalue weighted by Crippen LogP contribution is 2.31. The standard InChI is InChI=1S/C27H48N2O18/c1-2-28-14(32)4-3-5-15(33)29-6-7-42-26-23(41)24(47-27-22(40)20(38)17(35)12(9-31)45-27)18(36)13(46-26)10-43-25-21(39)19(37)16(34)11(8-30)44-25/h11-13,16-27,30-31,34-41H,2-10H2,1H3,(H,28,32)(H,29,33)/t11-,12-,13-,16-,17-,18-,19+,20+,21+,22+,23+,24+,25+,26-,27-/m1/s1. The maximum absolute atomic E-state index is 12.1. The van der Waals surface area contributed by atoms with Crippen molar-refractivity contribution in [2.24, 2.45) is 0 Å². The molecule has 47 heavy (non-hydrogen) atoms. The van der Waals surface area contributed by atoms with Gasteiger partial charge in [-0.1, -0.05) is 0 Å². The van der Waals surface area contributed by atoms with Crippen molar-refractivity contribution < 1.29 is 89.1 Å². The molecule has 0 radical (unpaired) electrons. The van der Waals surface area contributed by atoms with Gasteiger partial charge in [0.25, 0.3) is 0 Å². The second-order valence-electron chi connectivity index (χ2n) is 11.4. The van der Waals surface area contributed by atoms with Crippen LogP contribution >= 0.6 is 0 Å². The molecule has 15 atom stereocenters. The van der Waals surface area contributed by atoms with Crippen LogP contribution in [0.5, 0.6) is 0 Å². The minimum Gasteiger partial charge on any atom is -0.394 e. The Balaban J connectivity index is 1.66. The summed E-state index contributed by atoms with van der Waals surface area (Å²) in [7, 11) is 0. The number of nitrogens with one attached hydrogen (secondary N) is 2. The Morgan fingerprint density at radius 2 is 1.13 bits per heavy atom. The Bertz CT molecular complexity index is 963. The summed E-state index contributed by atoms with van der Waals surface area (Å²) in [5, 5.41) is 107. The molecule has 0 aromatic rings. The summed E-state index contributed by atoms with van der Waals surface area (Å²) in [4.78, 5) is 23.7. The largest absolute Gasteiger partial charge is 0.394 e. The number of carbonyl (C=O) groups excluding carboxylic acids is 2. The number of aliphatic hydroxyl groups excluding tert-OH is 10. The first-order valence-electron chi connectivity index (χ1n) is 15.4. The summed E-state index contributed by atoms with van der Waals surface area (Å²) in [6, 6.07) is 0. The Hall–Kier alpha value is -1.70. The fraction of sp³-hybridized carbons (Fsp3) is 0.926. The van der Waals surface area contributed by atoms with Crippen LogP contribution < -0.4 is 10.6 Å². The van der Waals surface area contributed by atoms with Gasteiger partial charge in [0.15, 0.2) is 18.9 Å². The predicted molar refractivity (Wildman–Crippen MR) is 151 cm³/mol. The molecule has 20 nitrogen and oxygen atoms in total. The summed E-state index contributed by atoms with van der Waals surface area (Å²) in [5.74, 6) is -0.548. The molecule has 3 aliphatic heterocycles. The Morgan fingerprint density at radius 3 is 1.70 bits per heavy atom. The van der Waals surface area contributed by atoms with Crippen molar-refractivity contribution in [3.8, 4) is 0 Å². The van der Waals surface area contributed by atoms with E-state index in [1.54, 1.807) is 6.92 Å². The molecule has 0 unspecified atom stereocenters. The molecule has 3 heterocycles. The SMILES string of the molecule is CCNC(=O)CCCC(=O)NCCO[C@@H]1O[C@H](CO[C@H]2O[C@H](CO)[C@@H](O)[C@H](O)[C@@H]2O)[C@@H](O)[C@H](O[C@H]2O[C@H](CO)[C@@H](O)[C@H](O)[C@@H]2O)[C@@H]1O. The van der Waals surface area contributed by atoms with Gasteiger partial charge in [-0.05, 0) is 13.3 Å². The molecule has 3 aliphatic rings. The zero-order valence-corrected chi connectivity index (χ0v) is 25.8. The van der Waals surface area contributed by atoms with Gasteiger partial charge in [0, 0.05) is 25.9 Å². The average molecular weight is 689 g/mol. The molecule has 3 fully saturated rings. The molecular formula is C27H48N2O18. The topological polar surface area (TPSA) is 316 Å². The van der Waals surface area contributed by atoms with Gasteiger partial charge in [-0.2, -0.15) is 0 Å². The van der Waals surface area contributed by atoms with E-state index in [0.717, 1.165) is 0 Å². The van der Waals surface area contributed by atoms with Crippen LogP contribution in [0.2, 0.25) is 0 Å². The van der Waals surface area contributed by atoms with Crippen LogP contribution in [0.15, 0.2) is 0 Å². The molecule has 0 aliphatic carbocycles. The highest BCUT2D eigenvalue weighted by molar-refractivity contribution is 5.78. The van der Waals surface area contributed by atoms with Crippen molar-refractivity contribution in [1.29, 1.82) is 0 Å². The fourth-order valence-electron chi connectivity index (χ4n) is 5.22. The van der Waals surface area contributed by atoms with E-state index in [2.05, 4.69) is 10.6 Å². The van der Waals surface area contributed by atoms with Crippen LogP contribution in [-0.4, -0.2) is 195 Å². The molecule has 3 saturated heterocycles. The van der Waals surface area contributed by atoms with Gasteiger partial charge in [-0.15, -0.1) is 0 Å². The quantitative estimate of drug-likeness (QED) is 0.0670. The summed E-state index contributed by atoms with van der Waals surface area (Å²) in [5.41, 5.74) is 0. The summed E-state index contributed by atoms with van der Waals surface area (Å²) in [6.45, 7) is -0.154. The second-order valence-corrected chi connectivity index (χ2v) is 11.4. The van der Waals surface area contributed by atoms with Crippen molar-refractivity contribution in [2.45, 2.75) is 118 Å². The Labute approximate surface area is 269 Å². The highest BCUT2D eigenvalue weighted by atomic mass is 16.7. The molecule has 0 aromatic heterocycles. The van der Waals surface area contributed by atoms with Gasteiger partial charge in [-0.3, -0.25) is 9.59 Å². The number of rotatable bonds is 16. The van der Waals surface area contributed by atoms with Crippen LogP contribution in [0.3, 0.4) is 0 Å². The van der Waals surface area contributed by atoms with Gasteiger partial charge in [0.1, 0.15) is 73.2 Å². The summed E-state index contributed by atoms with van der Waals surface area (Å²) < 4.78 is 33.0. The van der Waals surface area contributed by atoms with E-state index in [0.29, 0.717) is 13.0 Å². The van der Waals surface area contributed by atoms with E-state index in [4.69, 9.17) is 28.4 Å². The minimum absolute atomic E-state index is 0.0562. The zero-order chi connectivity index (χ0) is 34.8. The third-order valence-corrected chi connectivity index (χ3v) is 7.94. The first kappa shape index (κ1) is 39.7. The number of hydrogen-bond donors (Lipinski definition) is 12. The third-order valence-electron chi connectivity index (χ3n) is 7.94. The lowest BCUT2D eigenvalue weighted by atomic mass is 9.96. The summed E-state index contributed by atoms with van der Waals surface area (Å²) >= 11 is 0. The van der Waals surface area contributed by atoms with Crippen molar-refractivity contribution in [3.63, 3.8) is 0 Å². The van der Waals surface area contributed by atoms with E-state index >= 15 is 0 Å². The second kappa shape index (κ2) is 18.9. The van der Waals surface area contributed by atoms with Crippen LogP contribution in [-0.2, 0) is 38.0 Å². The maximum atomic E-state index is 12.1. The lowest BCUT2D eigenvalue weighted by molar-refractivity contribution is -0.366. The molecular weight excluding hydrogens is 640 g/mol.